The summed E-state index contributed by atoms with van der Waals surface area (Å²) in [5.74, 6) is -1.70. The molecule has 1 aromatic rings. The minimum absolute atomic E-state index is 0.102. The lowest BCUT2D eigenvalue weighted by atomic mass is 10.1. The summed E-state index contributed by atoms with van der Waals surface area (Å²) in [5, 5.41) is 9.66. The van der Waals surface area contributed by atoms with Crippen molar-refractivity contribution in [1.29, 1.82) is 0 Å². The van der Waals surface area contributed by atoms with Crippen LogP contribution in [-0.2, 0) is 4.79 Å². The van der Waals surface area contributed by atoms with Crippen molar-refractivity contribution in [2.45, 2.75) is 13.3 Å². The molecule has 1 aromatic carbocycles. The van der Waals surface area contributed by atoms with Crippen LogP contribution < -0.4 is 0 Å². The van der Waals surface area contributed by atoms with Crippen LogP contribution >= 0.6 is 0 Å². The summed E-state index contributed by atoms with van der Waals surface area (Å²) < 4.78 is 13.2. The molecule has 0 saturated carbocycles. The van der Waals surface area contributed by atoms with Gasteiger partial charge in [0.2, 0.25) is 5.91 Å². The summed E-state index contributed by atoms with van der Waals surface area (Å²) in [6, 6.07) is 3.17. The summed E-state index contributed by atoms with van der Waals surface area (Å²) in [6.45, 7) is 2.12. The third-order valence-electron chi connectivity index (χ3n) is 2.79. The van der Waals surface area contributed by atoms with Gasteiger partial charge in [0, 0.05) is 20.6 Å². The van der Waals surface area contributed by atoms with E-state index in [1.54, 1.807) is 14.1 Å². The molecule has 0 saturated heterocycles. The number of halogens is 1. The molecule has 0 aromatic heterocycles. The zero-order valence-corrected chi connectivity index (χ0v) is 11.9. The minimum atomic E-state index is -0.610. The molecule has 0 bridgehead atoms. The Morgan fingerprint density at radius 3 is 2.50 bits per heavy atom. The Kier molecular flexibility index (Phi) is 5.49. The topological polar surface area (TPSA) is 60.9 Å². The van der Waals surface area contributed by atoms with Crippen molar-refractivity contribution in [2.24, 2.45) is 0 Å². The van der Waals surface area contributed by atoms with Crippen LogP contribution in [0.25, 0.3) is 0 Å². The number of hydrogen-bond donors (Lipinski definition) is 1. The van der Waals surface area contributed by atoms with Crippen LogP contribution in [0, 0.1) is 5.82 Å². The lowest BCUT2D eigenvalue weighted by Crippen LogP contribution is -2.40. The predicted octanol–water partition coefficient (Wildman–Crippen LogP) is 1.47. The van der Waals surface area contributed by atoms with Gasteiger partial charge in [-0.2, -0.15) is 0 Å². The average molecular weight is 282 g/mol. The van der Waals surface area contributed by atoms with E-state index >= 15 is 0 Å². The molecule has 0 heterocycles. The summed E-state index contributed by atoms with van der Waals surface area (Å²) in [5.41, 5.74) is -0.134. The largest absolute Gasteiger partial charge is 0.507 e. The van der Waals surface area contributed by atoms with Gasteiger partial charge in [-0.15, -0.1) is 0 Å². The Balaban J connectivity index is 2.99. The van der Waals surface area contributed by atoms with E-state index in [1.165, 1.54) is 9.80 Å². The molecule has 110 valence electrons. The van der Waals surface area contributed by atoms with Gasteiger partial charge in [0.25, 0.3) is 5.91 Å². The van der Waals surface area contributed by atoms with Gasteiger partial charge in [-0.1, -0.05) is 6.92 Å². The van der Waals surface area contributed by atoms with Crippen LogP contribution in [0.4, 0.5) is 4.39 Å². The van der Waals surface area contributed by atoms with Crippen LogP contribution in [0.15, 0.2) is 18.2 Å². The van der Waals surface area contributed by atoms with Gasteiger partial charge in [-0.05, 0) is 24.6 Å². The number of carbonyl (C=O) groups is 2. The third-order valence-corrected chi connectivity index (χ3v) is 2.79. The molecule has 0 spiro atoms. The fraction of sp³-hybridized carbons (Fsp3) is 0.429. The van der Waals surface area contributed by atoms with Gasteiger partial charge in [0.05, 0.1) is 5.56 Å². The van der Waals surface area contributed by atoms with Gasteiger partial charge >= 0.3 is 0 Å². The molecular weight excluding hydrogens is 263 g/mol. The first kappa shape index (κ1) is 15.9. The molecule has 0 radical (unpaired) electrons. The van der Waals surface area contributed by atoms with E-state index in [1.807, 2.05) is 6.92 Å². The van der Waals surface area contributed by atoms with E-state index in [9.17, 15) is 19.1 Å². The van der Waals surface area contributed by atoms with Crippen LogP contribution in [0.1, 0.15) is 23.7 Å². The highest BCUT2D eigenvalue weighted by atomic mass is 19.1. The molecule has 1 rings (SSSR count). The van der Waals surface area contributed by atoms with Gasteiger partial charge in [0.1, 0.15) is 18.1 Å². The molecule has 0 unspecified atom stereocenters. The molecule has 0 atom stereocenters. The SMILES string of the molecule is CCCN(CC(=O)N(C)C)C(=O)c1cc(F)ccc1O. The van der Waals surface area contributed by atoms with Crippen LogP contribution in [0.2, 0.25) is 0 Å². The Hall–Kier alpha value is -2.11. The van der Waals surface area contributed by atoms with Crippen molar-refractivity contribution in [2.75, 3.05) is 27.2 Å². The van der Waals surface area contributed by atoms with E-state index in [0.717, 1.165) is 18.2 Å². The van der Waals surface area contributed by atoms with Crippen molar-refractivity contribution in [3.05, 3.63) is 29.6 Å². The highest BCUT2D eigenvalue weighted by Crippen LogP contribution is 2.20. The first-order valence-electron chi connectivity index (χ1n) is 6.34. The Bertz CT molecular complexity index is 503. The second-order valence-corrected chi connectivity index (χ2v) is 4.68. The van der Waals surface area contributed by atoms with Crippen LogP contribution in [0.3, 0.4) is 0 Å². The van der Waals surface area contributed by atoms with Gasteiger partial charge in [-0.25, -0.2) is 4.39 Å². The number of rotatable bonds is 5. The summed E-state index contributed by atoms with van der Waals surface area (Å²) in [6.07, 6.45) is 0.655. The van der Waals surface area contributed by atoms with E-state index < -0.39 is 11.7 Å². The first-order chi connectivity index (χ1) is 9.36. The van der Waals surface area contributed by atoms with Crippen molar-refractivity contribution in [3.63, 3.8) is 0 Å². The number of benzene rings is 1. The van der Waals surface area contributed by atoms with E-state index in [4.69, 9.17) is 0 Å². The standard InChI is InChI=1S/C14H19FN2O3/c1-4-7-17(9-13(19)16(2)3)14(20)11-8-10(15)5-6-12(11)18/h5-6,8,18H,4,7,9H2,1-3H3. The lowest BCUT2D eigenvalue weighted by Gasteiger charge is -2.23. The second kappa shape index (κ2) is 6.88. The van der Waals surface area contributed by atoms with Crippen molar-refractivity contribution >= 4 is 11.8 Å². The smallest absolute Gasteiger partial charge is 0.258 e. The van der Waals surface area contributed by atoms with E-state index in [0.29, 0.717) is 13.0 Å². The van der Waals surface area contributed by atoms with E-state index in [2.05, 4.69) is 0 Å². The normalized spacial score (nSPS) is 10.2. The third kappa shape index (κ3) is 3.94. The number of phenols is 1. The molecular formula is C14H19FN2O3. The van der Waals surface area contributed by atoms with Crippen molar-refractivity contribution < 1.29 is 19.1 Å². The molecule has 1 N–H and O–H groups in total. The summed E-state index contributed by atoms with van der Waals surface area (Å²) in [4.78, 5) is 26.7. The fourth-order valence-electron chi connectivity index (χ4n) is 1.68. The molecule has 0 aliphatic carbocycles. The zero-order valence-electron chi connectivity index (χ0n) is 11.9. The Morgan fingerprint density at radius 1 is 1.30 bits per heavy atom. The highest BCUT2D eigenvalue weighted by molar-refractivity contribution is 5.98. The molecule has 20 heavy (non-hydrogen) atoms. The number of amides is 2. The van der Waals surface area contributed by atoms with Crippen molar-refractivity contribution in [3.8, 4) is 5.75 Å². The number of hydrogen-bond acceptors (Lipinski definition) is 3. The molecule has 2 amide bonds. The molecule has 0 fully saturated rings. The highest BCUT2D eigenvalue weighted by Gasteiger charge is 2.22. The summed E-state index contributed by atoms with van der Waals surface area (Å²) in [7, 11) is 3.19. The van der Waals surface area contributed by atoms with E-state index in [-0.39, 0.29) is 23.8 Å². The predicted molar refractivity (Wildman–Crippen MR) is 73.0 cm³/mol. The number of carbonyl (C=O) groups excluding carboxylic acids is 2. The minimum Gasteiger partial charge on any atom is -0.507 e. The number of phenolic OH excluding ortho intramolecular Hbond substituents is 1. The number of nitrogens with zero attached hydrogens (tertiary/aromatic N) is 2. The molecule has 6 heteroatoms. The van der Waals surface area contributed by atoms with Crippen LogP contribution in [0.5, 0.6) is 5.75 Å². The lowest BCUT2D eigenvalue weighted by molar-refractivity contribution is -0.129. The van der Waals surface area contributed by atoms with Gasteiger partial charge in [0.15, 0.2) is 0 Å². The van der Waals surface area contributed by atoms with Gasteiger partial charge in [-0.3, -0.25) is 9.59 Å². The van der Waals surface area contributed by atoms with Crippen LogP contribution in [-0.4, -0.2) is 53.9 Å². The fourth-order valence-corrected chi connectivity index (χ4v) is 1.68. The monoisotopic (exact) mass is 282 g/mol. The molecule has 0 aliphatic heterocycles. The van der Waals surface area contributed by atoms with Gasteiger partial charge < -0.3 is 14.9 Å². The zero-order chi connectivity index (χ0) is 15.3. The maximum atomic E-state index is 13.2. The molecule has 0 aliphatic rings. The maximum absolute atomic E-state index is 13.2. The Morgan fingerprint density at radius 2 is 1.95 bits per heavy atom. The number of aromatic hydroxyl groups is 1. The molecule has 5 nitrogen and oxygen atoms in total. The summed E-state index contributed by atoms with van der Waals surface area (Å²) >= 11 is 0. The first-order valence-corrected chi connectivity index (χ1v) is 6.34. The maximum Gasteiger partial charge on any atom is 0.258 e. The quantitative estimate of drug-likeness (QED) is 0.889. The Labute approximate surface area is 117 Å². The second-order valence-electron chi connectivity index (χ2n) is 4.68. The average Bonchev–Trinajstić information content (AvgIpc) is 2.40. The van der Waals surface area contributed by atoms with Crippen molar-refractivity contribution in [1.82, 2.24) is 9.80 Å². The number of likely N-dealkylation sites (N-methyl/N-ethyl adjacent to an activating group) is 1.